The lowest BCUT2D eigenvalue weighted by Crippen LogP contribution is -2.59. The van der Waals surface area contributed by atoms with Crippen molar-refractivity contribution in [3.63, 3.8) is 0 Å². The van der Waals surface area contributed by atoms with Crippen LogP contribution in [0.5, 0.6) is 0 Å². The summed E-state index contributed by atoms with van der Waals surface area (Å²) in [5.41, 5.74) is -0.0235. The normalized spacial score (nSPS) is 40.1. The van der Waals surface area contributed by atoms with Gasteiger partial charge in [-0.15, -0.1) is 0 Å². The van der Waals surface area contributed by atoms with Gasteiger partial charge in [0.15, 0.2) is 0 Å². The van der Waals surface area contributed by atoms with E-state index in [1.165, 1.54) is 38.5 Å². The average Bonchev–Trinajstić information content (AvgIpc) is 2.67. The van der Waals surface area contributed by atoms with Crippen molar-refractivity contribution in [1.82, 2.24) is 9.80 Å². The molecule has 0 unspecified atom stereocenters. The monoisotopic (exact) mass is 358 g/mol. The van der Waals surface area contributed by atoms with Crippen LogP contribution in [0.15, 0.2) is 0 Å². The minimum Gasteiger partial charge on any atom is -0.339 e. The van der Waals surface area contributed by atoms with E-state index < -0.39 is 0 Å². The third kappa shape index (κ3) is 2.88. The van der Waals surface area contributed by atoms with Crippen LogP contribution in [0.25, 0.3) is 0 Å². The molecule has 0 N–H and O–H groups in total. The summed E-state index contributed by atoms with van der Waals surface area (Å²) in [7, 11) is 0. The van der Waals surface area contributed by atoms with Crippen LogP contribution in [0, 0.1) is 29.1 Å². The Hall–Kier alpha value is -1.06. The van der Waals surface area contributed by atoms with Gasteiger partial charge in [0.05, 0.1) is 5.41 Å². The van der Waals surface area contributed by atoms with E-state index in [9.17, 15) is 9.59 Å². The van der Waals surface area contributed by atoms with Gasteiger partial charge >= 0.3 is 0 Å². The molecule has 4 heteroatoms. The Kier molecular flexibility index (Phi) is 4.28. The second kappa shape index (κ2) is 6.53. The molecular weight excluding hydrogens is 324 g/mol. The number of hydrogen-bond donors (Lipinski definition) is 0. The van der Waals surface area contributed by atoms with E-state index in [-0.39, 0.29) is 11.3 Å². The SMILES string of the molecule is O=C(C1CCCCC1)N1CCN(C(=O)C23CC4CC(CC(C4)C2)C3)CC1. The predicted molar refractivity (Wildman–Crippen MR) is 100 cm³/mol. The first-order valence-electron chi connectivity index (χ1n) is 11.2. The van der Waals surface area contributed by atoms with Gasteiger partial charge < -0.3 is 9.80 Å². The zero-order chi connectivity index (χ0) is 17.7. The van der Waals surface area contributed by atoms with Crippen LogP contribution >= 0.6 is 0 Å². The van der Waals surface area contributed by atoms with E-state index in [2.05, 4.69) is 9.80 Å². The number of amides is 2. The maximum Gasteiger partial charge on any atom is 0.228 e. The quantitative estimate of drug-likeness (QED) is 0.758. The molecule has 6 aliphatic rings. The van der Waals surface area contributed by atoms with Gasteiger partial charge in [-0.2, -0.15) is 0 Å². The molecule has 5 aliphatic carbocycles. The van der Waals surface area contributed by atoms with Gasteiger partial charge in [0.25, 0.3) is 0 Å². The first-order valence-corrected chi connectivity index (χ1v) is 11.2. The first-order chi connectivity index (χ1) is 12.6. The van der Waals surface area contributed by atoms with Crippen molar-refractivity contribution in [1.29, 1.82) is 0 Å². The fourth-order valence-corrected chi connectivity index (χ4v) is 7.45. The van der Waals surface area contributed by atoms with Crippen molar-refractivity contribution in [3.05, 3.63) is 0 Å². The maximum absolute atomic E-state index is 13.5. The van der Waals surface area contributed by atoms with Crippen LogP contribution in [0.2, 0.25) is 0 Å². The van der Waals surface area contributed by atoms with Crippen molar-refractivity contribution >= 4 is 11.8 Å². The summed E-state index contributed by atoms with van der Waals surface area (Å²) in [5.74, 6) is 3.53. The smallest absolute Gasteiger partial charge is 0.228 e. The van der Waals surface area contributed by atoms with E-state index in [4.69, 9.17) is 0 Å². The first kappa shape index (κ1) is 17.1. The number of carbonyl (C=O) groups excluding carboxylic acids is 2. The minimum atomic E-state index is -0.0235. The van der Waals surface area contributed by atoms with Gasteiger partial charge in [0.2, 0.25) is 11.8 Å². The number of nitrogens with zero attached hydrogens (tertiary/aromatic N) is 2. The summed E-state index contributed by atoms with van der Waals surface area (Å²) in [6.07, 6.45) is 13.5. The van der Waals surface area contributed by atoms with Crippen molar-refractivity contribution in [3.8, 4) is 0 Å². The van der Waals surface area contributed by atoms with Crippen molar-refractivity contribution in [2.24, 2.45) is 29.1 Å². The topological polar surface area (TPSA) is 40.6 Å². The Morgan fingerprint density at radius 2 is 1.19 bits per heavy atom. The minimum absolute atomic E-state index is 0.0235. The van der Waals surface area contributed by atoms with Crippen molar-refractivity contribution in [2.75, 3.05) is 26.2 Å². The van der Waals surface area contributed by atoms with Gasteiger partial charge in [-0.1, -0.05) is 19.3 Å². The molecule has 26 heavy (non-hydrogen) atoms. The molecule has 4 nitrogen and oxygen atoms in total. The highest BCUT2D eigenvalue weighted by molar-refractivity contribution is 5.84. The Bertz CT molecular complexity index is 537. The van der Waals surface area contributed by atoms with E-state index in [0.717, 1.165) is 76.0 Å². The van der Waals surface area contributed by atoms with E-state index >= 15 is 0 Å². The average molecular weight is 359 g/mol. The van der Waals surface area contributed by atoms with E-state index in [1.54, 1.807) is 0 Å². The molecule has 0 aromatic carbocycles. The summed E-state index contributed by atoms with van der Waals surface area (Å²) in [6.45, 7) is 3.04. The highest BCUT2D eigenvalue weighted by Crippen LogP contribution is 2.60. The molecule has 0 spiro atoms. The van der Waals surface area contributed by atoms with Gasteiger partial charge in [-0.25, -0.2) is 0 Å². The molecule has 2 amide bonds. The van der Waals surface area contributed by atoms with Gasteiger partial charge in [0, 0.05) is 32.1 Å². The van der Waals surface area contributed by atoms with Crippen LogP contribution in [-0.2, 0) is 9.59 Å². The molecule has 1 aliphatic heterocycles. The zero-order valence-corrected chi connectivity index (χ0v) is 16.1. The molecule has 4 bridgehead atoms. The predicted octanol–water partition coefficient (Wildman–Crippen LogP) is 3.45. The second-order valence-corrected chi connectivity index (χ2v) is 10.2. The van der Waals surface area contributed by atoms with Crippen molar-refractivity contribution < 1.29 is 9.59 Å². The largest absolute Gasteiger partial charge is 0.339 e. The summed E-state index contributed by atoms with van der Waals surface area (Å²) in [5, 5.41) is 0. The fraction of sp³-hybridized carbons (Fsp3) is 0.909. The highest BCUT2D eigenvalue weighted by Gasteiger charge is 2.55. The molecule has 1 heterocycles. The summed E-state index contributed by atoms with van der Waals surface area (Å²) in [6, 6.07) is 0. The number of carbonyl (C=O) groups is 2. The lowest BCUT2D eigenvalue weighted by molar-refractivity contribution is -0.161. The molecule has 144 valence electrons. The summed E-state index contributed by atoms with van der Waals surface area (Å²) in [4.78, 5) is 30.4. The molecule has 0 radical (unpaired) electrons. The third-order valence-corrected chi connectivity index (χ3v) is 8.32. The van der Waals surface area contributed by atoms with Crippen LogP contribution in [0.1, 0.15) is 70.6 Å². The van der Waals surface area contributed by atoms with Crippen LogP contribution in [0.3, 0.4) is 0 Å². The molecule has 1 saturated heterocycles. The molecule has 0 atom stereocenters. The molecule has 0 aromatic rings. The molecule has 5 saturated carbocycles. The van der Waals surface area contributed by atoms with Crippen LogP contribution < -0.4 is 0 Å². The van der Waals surface area contributed by atoms with Gasteiger partial charge in [-0.05, 0) is 69.1 Å². The van der Waals surface area contributed by atoms with Crippen molar-refractivity contribution in [2.45, 2.75) is 70.6 Å². The summed E-state index contributed by atoms with van der Waals surface area (Å²) >= 11 is 0. The number of piperazine rings is 1. The molecule has 6 fully saturated rings. The standard InChI is InChI=1S/C22H34N2O2/c25-20(19-4-2-1-3-5-19)23-6-8-24(9-7-23)21(26)22-13-16-10-17(14-22)12-18(11-16)15-22/h16-19H,1-15H2. The molecular formula is C22H34N2O2. The molecule has 6 rings (SSSR count). The Morgan fingerprint density at radius 3 is 1.73 bits per heavy atom. The summed E-state index contributed by atoms with van der Waals surface area (Å²) < 4.78 is 0. The molecule has 0 aromatic heterocycles. The zero-order valence-electron chi connectivity index (χ0n) is 16.1. The maximum atomic E-state index is 13.5. The van der Waals surface area contributed by atoms with Gasteiger partial charge in [0.1, 0.15) is 0 Å². The van der Waals surface area contributed by atoms with Crippen LogP contribution in [0.4, 0.5) is 0 Å². The lowest BCUT2D eigenvalue weighted by Gasteiger charge is -2.57. The number of rotatable bonds is 2. The lowest BCUT2D eigenvalue weighted by atomic mass is 9.49. The Morgan fingerprint density at radius 1 is 0.692 bits per heavy atom. The van der Waals surface area contributed by atoms with E-state index in [1.807, 2.05) is 0 Å². The highest BCUT2D eigenvalue weighted by atomic mass is 16.2. The Labute approximate surface area is 157 Å². The second-order valence-electron chi connectivity index (χ2n) is 10.2. The van der Waals surface area contributed by atoms with E-state index in [0.29, 0.717) is 11.8 Å². The fourth-order valence-electron chi connectivity index (χ4n) is 7.45. The third-order valence-electron chi connectivity index (χ3n) is 8.32. The van der Waals surface area contributed by atoms with Gasteiger partial charge in [-0.3, -0.25) is 9.59 Å². The Balaban J connectivity index is 1.20. The van der Waals surface area contributed by atoms with Crippen LogP contribution in [-0.4, -0.2) is 47.8 Å². The number of hydrogen-bond acceptors (Lipinski definition) is 2.